The molecule has 0 radical (unpaired) electrons. The lowest BCUT2D eigenvalue weighted by atomic mass is 9.99. The molecule has 51 heavy (non-hydrogen) atoms. The lowest BCUT2D eigenvalue weighted by Gasteiger charge is -2.41. The van der Waals surface area contributed by atoms with E-state index in [2.05, 4.69) is 16.6 Å². The Morgan fingerprint density at radius 2 is 2.00 bits per heavy atom. The predicted molar refractivity (Wildman–Crippen MR) is 186 cm³/mol. The third-order valence-electron chi connectivity index (χ3n) is 9.06. The van der Waals surface area contributed by atoms with Crippen LogP contribution in [0.2, 0.25) is 5.02 Å². The number of alkyl halides is 2. The van der Waals surface area contributed by atoms with Crippen molar-refractivity contribution < 1.29 is 31.5 Å². The molecule has 0 bridgehead atoms. The molecule has 2 aromatic carbocycles. The molecule has 0 spiro atoms. The number of amidine groups is 1. The van der Waals surface area contributed by atoms with Gasteiger partial charge in [0.25, 0.3) is 11.8 Å². The average Bonchev–Trinajstić information content (AvgIpc) is 3.42. The molecule has 2 atom stereocenters. The minimum Gasteiger partial charge on any atom is -0.476 e. The van der Waals surface area contributed by atoms with Crippen molar-refractivity contribution in [1.29, 1.82) is 5.26 Å². The Kier molecular flexibility index (Phi) is 11.2. The number of anilines is 1. The summed E-state index contributed by atoms with van der Waals surface area (Å²) in [5.41, 5.74) is 6.09. The van der Waals surface area contributed by atoms with Gasteiger partial charge in [-0.3, -0.25) is 14.7 Å². The maximum atomic E-state index is 16.4. The number of benzene rings is 2. The zero-order chi connectivity index (χ0) is 37.2. The lowest BCUT2D eigenvalue weighted by Crippen LogP contribution is -2.56. The molecule has 3 heterocycles. The topological polar surface area (TPSA) is 111 Å². The number of aromatic nitrogens is 1. The smallest absolute Gasteiger partial charge is 0.282 e. The number of carbonyl (C=O) groups is 1. The van der Waals surface area contributed by atoms with Crippen molar-refractivity contribution in [2.75, 3.05) is 38.5 Å². The van der Waals surface area contributed by atoms with E-state index in [1.54, 1.807) is 28.9 Å². The summed E-state index contributed by atoms with van der Waals surface area (Å²) in [6.45, 7) is 7.78. The Morgan fingerprint density at radius 3 is 2.67 bits per heavy atom. The van der Waals surface area contributed by atoms with Gasteiger partial charge in [0.1, 0.15) is 24.0 Å². The normalized spacial score (nSPS) is 19.9. The van der Waals surface area contributed by atoms with Crippen LogP contribution in [0.1, 0.15) is 39.2 Å². The maximum Gasteiger partial charge on any atom is 0.282 e. The summed E-state index contributed by atoms with van der Waals surface area (Å²) < 4.78 is 79.5. The fraction of sp³-hybridized carbons (Fsp3) is 0.389. The van der Waals surface area contributed by atoms with Crippen molar-refractivity contribution in [3.8, 4) is 17.3 Å². The highest BCUT2D eigenvalue weighted by Gasteiger charge is 2.46. The molecule has 2 aliphatic heterocycles. The van der Waals surface area contributed by atoms with Crippen LogP contribution in [0.3, 0.4) is 0 Å². The van der Waals surface area contributed by atoms with Gasteiger partial charge in [-0.1, -0.05) is 42.4 Å². The monoisotopic (exact) mass is 729 g/mol. The van der Waals surface area contributed by atoms with Gasteiger partial charge in [-0.15, -0.1) is 0 Å². The molecule has 0 aliphatic carbocycles. The van der Waals surface area contributed by atoms with Gasteiger partial charge in [-0.2, -0.15) is 10.3 Å². The second-order valence-corrected chi connectivity index (χ2v) is 13.1. The molecule has 2 N–H and O–H groups in total. The number of amides is 1. The number of halogens is 6. The third-order valence-corrected chi connectivity index (χ3v) is 9.43. The maximum absolute atomic E-state index is 16.4. The van der Waals surface area contributed by atoms with Gasteiger partial charge in [0, 0.05) is 49.2 Å². The summed E-state index contributed by atoms with van der Waals surface area (Å²) in [4.78, 5) is 26.1. The van der Waals surface area contributed by atoms with Crippen LogP contribution in [0, 0.1) is 23.0 Å². The number of pyridine rings is 1. The van der Waals surface area contributed by atoms with E-state index in [1.165, 1.54) is 35.4 Å². The Hall–Kier alpha value is -4.74. The molecule has 5 rings (SSSR count). The number of nitrogens with two attached hydrogens (primary N) is 1. The summed E-state index contributed by atoms with van der Waals surface area (Å²) in [5.74, 6) is -6.63. The van der Waals surface area contributed by atoms with Gasteiger partial charge in [0.05, 0.1) is 47.4 Å². The van der Waals surface area contributed by atoms with E-state index in [1.807, 2.05) is 19.9 Å². The van der Waals surface area contributed by atoms with Crippen molar-refractivity contribution in [1.82, 2.24) is 19.7 Å². The summed E-state index contributed by atoms with van der Waals surface area (Å²) >= 11 is 6.31. The first-order valence-corrected chi connectivity index (χ1v) is 16.6. The number of aliphatic imine (C=N–C) groups is 1. The molecule has 2 saturated heterocycles. The first kappa shape index (κ1) is 37.5. The highest BCUT2D eigenvalue weighted by Crippen LogP contribution is 2.38. The largest absolute Gasteiger partial charge is 0.476 e. The van der Waals surface area contributed by atoms with Gasteiger partial charge in [0.15, 0.2) is 11.6 Å². The van der Waals surface area contributed by atoms with E-state index in [9.17, 15) is 27.6 Å². The molecular weight excluding hydrogens is 693 g/mol. The number of allylic oxidation sites excluding steroid dienone is 1. The minimum atomic E-state index is -2.89. The van der Waals surface area contributed by atoms with E-state index >= 15 is 4.39 Å². The van der Waals surface area contributed by atoms with Crippen molar-refractivity contribution in [2.45, 2.75) is 57.7 Å². The van der Waals surface area contributed by atoms with Crippen molar-refractivity contribution in [3.05, 3.63) is 83.1 Å². The fourth-order valence-corrected chi connectivity index (χ4v) is 6.85. The lowest BCUT2D eigenvalue weighted by molar-refractivity contribution is -0.132. The predicted octanol–water partition coefficient (Wildman–Crippen LogP) is 7.07. The molecular formula is C36H37ClF5N7O2. The van der Waals surface area contributed by atoms with Crippen LogP contribution < -0.4 is 5.73 Å². The molecule has 0 unspecified atom stereocenters. The number of ether oxygens (including phenoxy) is 1. The fourth-order valence-electron chi connectivity index (χ4n) is 6.57. The highest BCUT2D eigenvalue weighted by atomic mass is 35.5. The van der Waals surface area contributed by atoms with Gasteiger partial charge >= 0.3 is 0 Å². The first-order valence-electron chi connectivity index (χ1n) is 16.3. The number of piperazine rings is 1. The molecule has 1 aromatic heterocycles. The molecule has 3 aromatic rings. The SMILES string of the molecule is C=C(F)C(=O)N1CCN(C(=N/C(=C\C)OC[C@@H]2CC(F)(F)CN2C(C)C)c2cnc(-c3cccc4ccc(F)c(Cl)c34)c(F)c2N)C[C@@H]1CC#N. The van der Waals surface area contributed by atoms with E-state index in [4.69, 9.17) is 22.1 Å². The average molecular weight is 730 g/mol. The Bertz CT molecular complexity index is 1950. The zero-order valence-corrected chi connectivity index (χ0v) is 29.0. The number of likely N-dealkylation sites (tertiary alicyclic amines) is 1. The first-order chi connectivity index (χ1) is 24.2. The summed E-state index contributed by atoms with van der Waals surface area (Å²) in [7, 11) is 0. The molecule has 2 aliphatic rings. The number of rotatable bonds is 9. The van der Waals surface area contributed by atoms with Gasteiger partial charge in [0.2, 0.25) is 5.88 Å². The van der Waals surface area contributed by atoms with Crippen molar-refractivity contribution >= 4 is 39.8 Å². The van der Waals surface area contributed by atoms with Crippen molar-refractivity contribution in [3.63, 3.8) is 0 Å². The van der Waals surface area contributed by atoms with E-state index in [0.717, 1.165) is 0 Å². The van der Waals surface area contributed by atoms with Gasteiger partial charge in [-0.25, -0.2) is 22.0 Å². The zero-order valence-electron chi connectivity index (χ0n) is 28.3. The number of nitrogens with zero attached hydrogens (tertiary/aromatic N) is 6. The Morgan fingerprint density at radius 1 is 1.25 bits per heavy atom. The number of nitrogen functional groups attached to an aromatic ring is 1. The van der Waals surface area contributed by atoms with Crippen molar-refractivity contribution in [2.24, 2.45) is 4.99 Å². The summed E-state index contributed by atoms with van der Waals surface area (Å²) in [5, 5.41) is 10.1. The van der Waals surface area contributed by atoms with Crippen LogP contribution in [-0.2, 0) is 9.53 Å². The molecule has 15 heteroatoms. The van der Waals surface area contributed by atoms with E-state index < -0.39 is 54.3 Å². The molecule has 1 amide bonds. The number of hydrogen-bond donors (Lipinski definition) is 1. The highest BCUT2D eigenvalue weighted by molar-refractivity contribution is 6.36. The summed E-state index contributed by atoms with van der Waals surface area (Å²) in [6, 6.07) is 7.99. The van der Waals surface area contributed by atoms with Crippen LogP contribution in [-0.4, -0.2) is 88.3 Å². The Balaban J connectivity index is 1.57. The van der Waals surface area contributed by atoms with Gasteiger partial charge in [-0.05, 0) is 38.3 Å². The molecule has 9 nitrogen and oxygen atoms in total. The summed E-state index contributed by atoms with van der Waals surface area (Å²) in [6.07, 6.45) is 2.21. The third kappa shape index (κ3) is 7.79. The van der Waals surface area contributed by atoms with E-state index in [0.29, 0.717) is 5.39 Å². The standard InChI is InChI=1S/C36H37ClF5N7O2/c1-5-28(51-18-24-15-36(41,42)19-49(24)20(2)3)46-34(47-13-14-48(35(50)21(4)38)23(17-47)11-12-43)26-16-45-33(31(40)32(26)44)25-8-6-7-22-9-10-27(39)30(37)29(22)25/h5-10,16,20,23-24H,4,11,13-15,17-19H2,1-3H3,(H2,44,45)/b28-5+,46-34?/t23-,24-/m0/s1. The Labute approximate surface area is 297 Å². The molecule has 0 saturated carbocycles. The minimum absolute atomic E-state index is 0.0107. The van der Waals surface area contributed by atoms with Gasteiger partial charge < -0.3 is 20.3 Å². The number of hydrogen-bond acceptors (Lipinski definition) is 7. The second-order valence-electron chi connectivity index (χ2n) is 12.7. The van der Waals surface area contributed by atoms with Crippen LogP contribution in [0.25, 0.3) is 22.0 Å². The van der Waals surface area contributed by atoms with Crippen LogP contribution in [0.5, 0.6) is 0 Å². The van der Waals surface area contributed by atoms with Crippen LogP contribution in [0.15, 0.2) is 65.9 Å². The second kappa shape index (κ2) is 15.2. The number of fused-ring (bicyclic) bond motifs is 1. The number of carbonyl (C=O) groups excluding carboxylic acids is 1. The van der Waals surface area contributed by atoms with Crippen LogP contribution in [0.4, 0.5) is 27.6 Å². The molecule has 270 valence electrons. The quantitative estimate of drug-likeness (QED) is 0.0825. The number of nitriles is 1. The van der Waals surface area contributed by atoms with E-state index in [-0.39, 0.29) is 83.3 Å². The van der Waals surface area contributed by atoms with Crippen LogP contribution >= 0.6 is 11.6 Å². The molecule has 2 fully saturated rings.